The van der Waals surface area contributed by atoms with E-state index in [-0.39, 0.29) is 11.7 Å². The van der Waals surface area contributed by atoms with Gasteiger partial charge in [0.2, 0.25) is 5.91 Å². The summed E-state index contributed by atoms with van der Waals surface area (Å²) in [5, 5.41) is 4.50. The number of nitrogens with one attached hydrogen (secondary N) is 1. The van der Waals surface area contributed by atoms with Crippen molar-refractivity contribution in [3.63, 3.8) is 0 Å². The maximum absolute atomic E-state index is 11.7. The molecule has 0 aliphatic heterocycles. The molecule has 0 saturated carbocycles. The number of carbonyl (C=O) groups is 1. The van der Waals surface area contributed by atoms with Crippen molar-refractivity contribution >= 4 is 28.0 Å². The molecular formula is C11H11NO3S2. The van der Waals surface area contributed by atoms with Gasteiger partial charge in [0.15, 0.2) is 0 Å². The van der Waals surface area contributed by atoms with Gasteiger partial charge in [-0.15, -0.1) is 11.3 Å². The fourth-order valence-corrected chi connectivity index (χ4v) is 3.17. The second-order valence-electron chi connectivity index (χ2n) is 3.28. The smallest absolute Gasteiger partial charge is 0.233 e. The van der Waals surface area contributed by atoms with E-state index in [1.54, 1.807) is 24.5 Å². The van der Waals surface area contributed by atoms with E-state index in [0.717, 1.165) is 4.21 Å². The molecule has 0 aliphatic rings. The SMILES string of the molecule is O=C(CS(=O)c1cccs1)NCc1ccco1. The Labute approximate surface area is 105 Å². The molecule has 0 aliphatic carbocycles. The Bertz CT molecular complexity index is 491. The third kappa shape index (κ3) is 3.54. The first kappa shape index (κ1) is 12.1. The lowest BCUT2D eigenvalue weighted by Crippen LogP contribution is -2.27. The topological polar surface area (TPSA) is 59.3 Å². The summed E-state index contributed by atoms with van der Waals surface area (Å²) in [4.78, 5) is 11.5. The molecule has 1 unspecified atom stereocenters. The molecule has 0 fully saturated rings. The first-order valence-corrected chi connectivity index (χ1v) is 7.16. The van der Waals surface area contributed by atoms with E-state index in [0.29, 0.717) is 12.3 Å². The number of amides is 1. The predicted molar refractivity (Wildman–Crippen MR) is 66.1 cm³/mol. The number of hydrogen-bond donors (Lipinski definition) is 1. The monoisotopic (exact) mass is 269 g/mol. The summed E-state index contributed by atoms with van der Waals surface area (Å²) in [7, 11) is -1.25. The summed E-state index contributed by atoms with van der Waals surface area (Å²) >= 11 is 1.39. The maximum Gasteiger partial charge on any atom is 0.233 e. The van der Waals surface area contributed by atoms with Crippen LogP contribution in [0.3, 0.4) is 0 Å². The fraction of sp³-hybridized carbons (Fsp3) is 0.182. The van der Waals surface area contributed by atoms with Crippen LogP contribution in [0.2, 0.25) is 0 Å². The molecule has 1 N–H and O–H groups in total. The van der Waals surface area contributed by atoms with Gasteiger partial charge < -0.3 is 9.73 Å². The lowest BCUT2D eigenvalue weighted by Gasteiger charge is -2.02. The lowest BCUT2D eigenvalue weighted by atomic mass is 10.4. The van der Waals surface area contributed by atoms with Crippen LogP contribution in [0.15, 0.2) is 44.5 Å². The number of hydrogen-bond acceptors (Lipinski definition) is 4. The molecule has 0 aromatic carbocycles. The van der Waals surface area contributed by atoms with Gasteiger partial charge >= 0.3 is 0 Å². The van der Waals surface area contributed by atoms with Crippen LogP contribution in [0, 0.1) is 0 Å². The van der Waals surface area contributed by atoms with Crippen molar-refractivity contribution in [3.8, 4) is 0 Å². The van der Waals surface area contributed by atoms with Crippen molar-refractivity contribution < 1.29 is 13.4 Å². The molecular weight excluding hydrogens is 258 g/mol. The Balaban J connectivity index is 1.80. The highest BCUT2D eigenvalue weighted by molar-refractivity contribution is 7.88. The summed E-state index contributed by atoms with van der Waals surface area (Å²) in [5.41, 5.74) is 0. The van der Waals surface area contributed by atoms with E-state index in [2.05, 4.69) is 5.32 Å². The Hall–Kier alpha value is -1.40. The van der Waals surface area contributed by atoms with E-state index in [9.17, 15) is 9.00 Å². The number of thiophene rings is 1. The zero-order valence-corrected chi connectivity index (χ0v) is 10.6. The van der Waals surface area contributed by atoms with Crippen LogP contribution in [-0.4, -0.2) is 15.9 Å². The molecule has 1 amide bonds. The second kappa shape index (κ2) is 5.79. The molecule has 2 rings (SSSR count). The van der Waals surface area contributed by atoms with Gasteiger partial charge in [-0.1, -0.05) is 6.07 Å². The highest BCUT2D eigenvalue weighted by atomic mass is 32.2. The lowest BCUT2D eigenvalue weighted by molar-refractivity contribution is -0.118. The highest BCUT2D eigenvalue weighted by Gasteiger charge is 2.10. The van der Waals surface area contributed by atoms with Crippen molar-refractivity contribution in [2.45, 2.75) is 10.8 Å². The summed E-state index contributed by atoms with van der Waals surface area (Å²) in [6.45, 7) is 0.327. The van der Waals surface area contributed by atoms with Crippen LogP contribution in [0.25, 0.3) is 0 Å². The average Bonchev–Trinajstić information content (AvgIpc) is 2.99. The van der Waals surface area contributed by atoms with Crippen LogP contribution in [0.5, 0.6) is 0 Å². The van der Waals surface area contributed by atoms with Gasteiger partial charge in [-0.05, 0) is 23.6 Å². The molecule has 0 saturated heterocycles. The van der Waals surface area contributed by atoms with Crippen molar-refractivity contribution in [1.82, 2.24) is 5.32 Å². The minimum absolute atomic E-state index is 0.0127. The molecule has 2 heterocycles. The summed E-state index contributed by atoms with van der Waals surface area (Å²) in [6.07, 6.45) is 1.55. The number of carbonyl (C=O) groups excluding carboxylic acids is 1. The number of rotatable bonds is 5. The zero-order valence-electron chi connectivity index (χ0n) is 8.92. The highest BCUT2D eigenvalue weighted by Crippen LogP contribution is 2.13. The van der Waals surface area contributed by atoms with Gasteiger partial charge in [-0.25, -0.2) is 0 Å². The van der Waals surface area contributed by atoms with E-state index in [1.165, 1.54) is 11.3 Å². The Morgan fingerprint density at radius 3 is 2.94 bits per heavy atom. The largest absolute Gasteiger partial charge is 0.467 e. The van der Waals surface area contributed by atoms with E-state index >= 15 is 0 Å². The molecule has 2 aromatic rings. The fourth-order valence-electron chi connectivity index (χ4n) is 1.23. The van der Waals surface area contributed by atoms with Gasteiger partial charge in [-0.2, -0.15) is 0 Å². The quantitative estimate of drug-likeness (QED) is 0.900. The van der Waals surface area contributed by atoms with Crippen LogP contribution in [0.1, 0.15) is 5.76 Å². The van der Waals surface area contributed by atoms with Crippen molar-refractivity contribution in [3.05, 3.63) is 41.7 Å². The second-order valence-corrected chi connectivity index (χ2v) is 5.90. The minimum atomic E-state index is -1.25. The first-order valence-electron chi connectivity index (χ1n) is 4.96. The molecule has 17 heavy (non-hydrogen) atoms. The average molecular weight is 269 g/mol. The summed E-state index contributed by atoms with van der Waals surface area (Å²) in [6, 6.07) is 7.11. The third-order valence-corrected chi connectivity index (χ3v) is 4.64. The van der Waals surface area contributed by atoms with Gasteiger partial charge in [0, 0.05) is 0 Å². The molecule has 6 heteroatoms. The van der Waals surface area contributed by atoms with Gasteiger partial charge in [0.25, 0.3) is 0 Å². The predicted octanol–water partition coefficient (Wildman–Crippen LogP) is 1.77. The molecule has 0 spiro atoms. The minimum Gasteiger partial charge on any atom is -0.467 e. The molecule has 0 radical (unpaired) electrons. The zero-order chi connectivity index (χ0) is 12.1. The maximum atomic E-state index is 11.7. The molecule has 1 atom stereocenters. The summed E-state index contributed by atoms with van der Waals surface area (Å²) in [5.74, 6) is 0.426. The van der Waals surface area contributed by atoms with Crippen molar-refractivity contribution in [1.29, 1.82) is 0 Å². The summed E-state index contributed by atoms with van der Waals surface area (Å²) < 4.78 is 17.5. The van der Waals surface area contributed by atoms with E-state index in [1.807, 2.05) is 11.4 Å². The van der Waals surface area contributed by atoms with Crippen molar-refractivity contribution in [2.75, 3.05) is 5.75 Å². The molecule has 4 nitrogen and oxygen atoms in total. The van der Waals surface area contributed by atoms with Crippen molar-refractivity contribution in [2.24, 2.45) is 0 Å². The molecule has 0 bridgehead atoms. The third-order valence-electron chi connectivity index (χ3n) is 2.02. The van der Waals surface area contributed by atoms with Crippen LogP contribution < -0.4 is 5.32 Å². The van der Waals surface area contributed by atoms with Gasteiger partial charge in [0.1, 0.15) is 11.5 Å². The van der Waals surface area contributed by atoms with Crippen LogP contribution in [-0.2, 0) is 22.1 Å². The van der Waals surface area contributed by atoms with E-state index < -0.39 is 10.8 Å². The molecule has 90 valence electrons. The van der Waals surface area contributed by atoms with Crippen LogP contribution in [0.4, 0.5) is 0 Å². The van der Waals surface area contributed by atoms with E-state index in [4.69, 9.17) is 4.42 Å². The Kier molecular flexibility index (Phi) is 4.11. The van der Waals surface area contributed by atoms with Gasteiger partial charge in [-0.3, -0.25) is 9.00 Å². The first-order chi connectivity index (χ1) is 8.25. The molecule has 2 aromatic heterocycles. The Morgan fingerprint density at radius 2 is 2.29 bits per heavy atom. The Morgan fingerprint density at radius 1 is 1.41 bits per heavy atom. The number of furan rings is 1. The van der Waals surface area contributed by atoms with Gasteiger partial charge in [0.05, 0.1) is 27.8 Å². The normalized spacial score (nSPS) is 12.2. The van der Waals surface area contributed by atoms with Crippen LogP contribution >= 0.6 is 11.3 Å². The standard InChI is InChI=1S/C11H11NO3S2/c13-10(12-7-9-3-1-5-15-9)8-17(14)11-4-2-6-16-11/h1-6H,7-8H2,(H,12,13).